The van der Waals surface area contributed by atoms with Gasteiger partial charge in [-0.1, -0.05) is 6.42 Å². The van der Waals surface area contributed by atoms with Gasteiger partial charge in [0.1, 0.15) is 0 Å². The fourth-order valence-electron chi connectivity index (χ4n) is 5.19. The van der Waals surface area contributed by atoms with Crippen LogP contribution in [0.15, 0.2) is 24.5 Å². The maximum atomic E-state index is 13.2. The van der Waals surface area contributed by atoms with Gasteiger partial charge in [0.05, 0.1) is 6.04 Å². The molecule has 4 nitrogen and oxygen atoms in total. The molecule has 4 heteroatoms. The van der Waals surface area contributed by atoms with Gasteiger partial charge in [0, 0.05) is 30.9 Å². The summed E-state index contributed by atoms with van der Waals surface area (Å²) in [6.07, 6.45) is 11.6. The van der Waals surface area contributed by atoms with Crippen LogP contribution in [-0.2, 0) is 4.79 Å². The quantitative estimate of drug-likeness (QED) is 0.913. The van der Waals surface area contributed by atoms with Crippen LogP contribution in [0, 0.1) is 17.8 Å². The number of carbonyl (C=O) groups is 1. The zero-order valence-corrected chi connectivity index (χ0v) is 13.7. The minimum absolute atomic E-state index is 0.201. The molecule has 2 saturated carbocycles. The Kier molecular flexibility index (Phi) is 4.10. The van der Waals surface area contributed by atoms with Gasteiger partial charge < -0.3 is 10.6 Å². The number of likely N-dealkylation sites (tertiary alicyclic amines) is 1. The number of aromatic nitrogens is 1. The molecular weight excluding hydrogens is 286 g/mol. The Bertz CT molecular complexity index is 547. The van der Waals surface area contributed by atoms with Gasteiger partial charge in [0.2, 0.25) is 5.91 Å². The number of hydrogen-bond donors (Lipinski definition) is 1. The second-order valence-corrected chi connectivity index (χ2v) is 7.67. The smallest absolute Gasteiger partial charge is 0.226 e. The van der Waals surface area contributed by atoms with Gasteiger partial charge in [-0.05, 0) is 68.1 Å². The average molecular weight is 313 g/mol. The van der Waals surface area contributed by atoms with Crippen molar-refractivity contribution < 1.29 is 4.79 Å². The lowest BCUT2D eigenvalue weighted by Crippen LogP contribution is -2.49. The normalized spacial score (nSPS) is 36.9. The van der Waals surface area contributed by atoms with E-state index in [0.717, 1.165) is 32.2 Å². The predicted octanol–water partition coefficient (Wildman–Crippen LogP) is 2.90. The second kappa shape index (κ2) is 6.23. The highest BCUT2D eigenvalue weighted by Gasteiger charge is 2.43. The molecule has 4 rings (SSSR count). The molecule has 0 spiro atoms. The Morgan fingerprint density at radius 1 is 1.09 bits per heavy atom. The van der Waals surface area contributed by atoms with Gasteiger partial charge in [-0.2, -0.15) is 0 Å². The first-order valence-corrected chi connectivity index (χ1v) is 9.20. The van der Waals surface area contributed by atoms with Crippen LogP contribution in [0.2, 0.25) is 0 Å². The molecule has 1 aromatic rings. The second-order valence-electron chi connectivity index (χ2n) is 7.67. The number of hydrogen-bond acceptors (Lipinski definition) is 3. The van der Waals surface area contributed by atoms with Crippen molar-refractivity contribution in [2.45, 2.75) is 57.0 Å². The SMILES string of the molecule is NC1C2CCCC1CC(C(=O)N1CCCC1c1ccncc1)C2. The summed E-state index contributed by atoms with van der Waals surface area (Å²) < 4.78 is 0. The molecule has 1 amide bonds. The number of nitrogens with two attached hydrogens (primary N) is 1. The topological polar surface area (TPSA) is 59.2 Å². The van der Waals surface area contributed by atoms with Gasteiger partial charge in [0.25, 0.3) is 0 Å². The van der Waals surface area contributed by atoms with Gasteiger partial charge >= 0.3 is 0 Å². The third-order valence-electron chi connectivity index (χ3n) is 6.39. The van der Waals surface area contributed by atoms with Gasteiger partial charge in [0.15, 0.2) is 0 Å². The molecule has 3 fully saturated rings. The highest BCUT2D eigenvalue weighted by molar-refractivity contribution is 5.80. The van der Waals surface area contributed by atoms with E-state index < -0.39 is 0 Å². The molecule has 1 aromatic heterocycles. The average Bonchev–Trinajstić information content (AvgIpc) is 3.04. The van der Waals surface area contributed by atoms with E-state index in [1.165, 1.54) is 24.8 Å². The molecule has 1 saturated heterocycles. The number of nitrogens with zero attached hydrogens (tertiary/aromatic N) is 2. The maximum absolute atomic E-state index is 13.2. The summed E-state index contributed by atoms with van der Waals surface area (Å²) in [6, 6.07) is 4.70. The highest BCUT2D eigenvalue weighted by Crippen LogP contribution is 2.44. The first kappa shape index (κ1) is 15.1. The van der Waals surface area contributed by atoms with E-state index in [-0.39, 0.29) is 12.0 Å². The fraction of sp³-hybridized carbons (Fsp3) is 0.684. The minimum atomic E-state index is 0.201. The van der Waals surface area contributed by atoms with Gasteiger partial charge in [-0.3, -0.25) is 9.78 Å². The lowest BCUT2D eigenvalue weighted by Gasteiger charge is -2.44. The van der Waals surface area contributed by atoms with Crippen LogP contribution in [0.1, 0.15) is 56.6 Å². The van der Waals surface area contributed by atoms with Crippen molar-refractivity contribution in [2.24, 2.45) is 23.5 Å². The largest absolute Gasteiger partial charge is 0.335 e. The molecular formula is C19H27N3O. The summed E-state index contributed by atoms with van der Waals surface area (Å²) in [5.74, 6) is 1.72. The predicted molar refractivity (Wildman–Crippen MR) is 89.5 cm³/mol. The lowest BCUT2D eigenvalue weighted by molar-refractivity contribution is -0.139. The van der Waals surface area contributed by atoms with Crippen molar-refractivity contribution in [1.29, 1.82) is 0 Å². The first-order valence-electron chi connectivity index (χ1n) is 9.20. The van der Waals surface area contributed by atoms with Crippen molar-refractivity contribution in [3.8, 4) is 0 Å². The molecule has 2 heterocycles. The van der Waals surface area contributed by atoms with Gasteiger partial charge in [-0.25, -0.2) is 0 Å². The van der Waals surface area contributed by atoms with E-state index in [1.807, 2.05) is 12.4 Å². The Labute approximate surface area is 138 Å². The van der Waals surface area contributed by atoms with E-state index in [2.05, 4.69) is 22.0 Å². The van der Waals surface area contributed by atoms with Crippen molar-refractivity contribution in [2.75, 3.05) is 6.54 Å². The Balaban J connectivity index is 1.50. The van der Waals surface area contributed by atoms with E-state index in [9.17, 15) is 4.79 Å². The molecule has 23 heavy (non-hydrogen) atoms. The molecule has 2 bridgehead atoms. The van der Waals surface area contributed by atoms with E-state index in [0.29, 0.717) is 23.8 Å². The zero-order chi connectivity index (χ0) is 15.8. The number of amides is 1. The molecule has 3 unspecified atom stereocenters. The third-order valence-corrected chi connectivity index (χ3v) is 6.39. The Morgan fingerprint density at radius 2 is 1.78 bits per heavy atom. The number of fused-ring (bicyclic) bond motifs is 2. The molecule has 124 valence electrons. The Morgan fingerprint density at radius 3 is 2.48 bits per heavy atom. The molecule has 0 radical (unpaired) electrons. The third kappa shape index (κ3) is 2.78. The fourth-order valence-corrected chi connectivity index (χ4v) is 5.19. The standard InChI is InChI=1S/C19H27N3O/c20-18-14-3-1-4-15(18)12-16(11-14)19(23)22-10-2-5-17(22)13-6-8-21-9-7-13/h6-9,14-18H,1-5,10-12,20H2. The summed E-state index contributed by atoms with van der Waals surface area (Å²) in [6.45, 7) is 0.906. The molecule has 3 aliphatic rings. The molecule has 2 N–H and O–H groups in total. The van der Waals surface area contributed by atoms with Gasteiger partial charge in [-0.15, -0.1) is 0 Å². The summed E-state index contributed by atoms with van der Waals surface area (Å²) >= 11 is 0. The molecule has 2 aliphatic carbocycles. The van der Waals surface area contributed by atoms with Crippen molar-refractivity contribution in [3.63, 3.8) is 0 Å². The maximum Gasteiger partial charge on any atom is 0.226 e. The summed E-state index contributed by atoms with van der Waals surface area (Å²) in [4.78, 5) is 19.4. The minimum Gasteiger partial charge on any atom is -0.335 e. The number of pyridine rings is 1. The van der Waals surface area contributed by atoms with Crippen LogP contribution in [0.25, 0.3) is 0 Å². The lowest BCUT2D eigenvalue weighted by atomic mass is 9.65. The van der Waals surface area contributed by atoms with Crippen LogP contribution in [0.5, 0.6) is 0 Å². The van der Waals surface area contributed by atoms with Crippen molar-refractivity contribution in [1.82, 2.24) is 9.88 Å². The van der Waals surface area contributed by atoms with Crippen molar-refractivity contribution in [3.05, 3.63) is 30.1 Å². The Hall–Kier alpha value is -1.42. The zero-order valence-electron chi connectivity index (χ0n) is 13.7. The first-order chi connectivity index (χ1) is 11.2. The van der Waals surface area contributed by atoms with E-state index >= 15 is 0 Å². The summed E-state index contributed by atoms with van der Waals surface area (Å²) in [5.41, 5.74) is 7.62. The van der Waals surface area contributed by atoms with Crippen LogP contribution >= 0.6 is 0 Å². The van der Waals surface area contributed by atoms with Crippen LogP contribution < -0.4 is 5.73 Å². The monoisotopic (exact) mass is 313 g/mol. The summed E-state index contributed by atoms with van der Waals surface area (Å²) in [5, 5.41) is 0. The molecule has 0 aromatic carbocycles. The van der Waals surface area contributed by atoms with E-state index in [4.69, 9.17) is 5.73 Å². The van der Waals surface area contributed by atoms with Crippen molar-refractivity contribution >= 4 is 5.91 Å². The number of rotatable bonds is 2. The highest BCUT2D eigenvalue weighted by atomic mass is 16.2. The molecule has 3 atom stereocenters. The number of carbonyl (C=O) groups excluding carboxylic acids is 1. The van der Waals surface area contributed by atoms with E-state index in [1.54, 1.807) is 0 Å². The molecule has 1 aliphatic heterocycles. The summed E-state index contributed by atoms with van der Waals surface area (Å²) in [7, 11) is 0. The van der Waals surface area contributed by atoms with Crippen LogP contribution in [-0.4, -0.2) is 28.4 Å². The van der Waals surface area contributed by atoms with Crippen LogP contribution in [0.3, 0.4) is 0 Å². The van der Waals surface area contributed by atoms with Crippen LogP contribution in [0.4, 0.5) is 0 Å².